The number of amides is 2. The van der Waals surface area contributed by atoms with E-state index in [1.54, 1.807) is 0 Å². The van der Waals surface area contributed by atoms with Gasteiger partial charge in [0.1, 0.15) is 0 Å². The third-order valence-corrected chi connectivity index (χ3v) is 4.87. The van der Waals surface area contributed by atoms with Crippen molar-refractivity contribution in [2.75, 3.05) is 49.9 Å². The summed E-state index contributed by atoms with van der Waals surface area (Å²) in [6.07, 6.45) is 0. The number of rotatable bonds is 6. The maximum absolute atomic E-state index is 12.2. The summed E-state index contributed by atoms with van der Waals surface area (Å²) in [6.45, 7) is 7.89. The highest BCUT2D eigenvalue weighted by Crippen LogP contribution is 2.10. The Balaban J connectivity index is 1.37. The van der Waals surface area contributed by atoms with Crippen LogP contribution in [0.2, 0.25) is 0 Å². The van der Waals surface area contributed by atoms with Crippen molar-refractivity contribution in [2.24, 2.45) is 0 Å². The van der Waals surface area contributed by atoms with Crippen molar-refractivity contribution in [3.63, 3.8) is 0 Å². The zero-order valence-corrected chi connectivity index (χ0v) is 16.6. The van der Waals surface area contributed by atoms with E-state index in [-0.39, 0.29) is 11.8 Å². The number of piperazine rings is 1. The Morgan fingerprint density at radius 1 is 0.679 bits per heavy atom. The summed E-state index contributed by atoms with van der Waals surface area (Å²) in [7, 11) is 0. The first-order valence-electron chi connectivity index (χ1n) is 9.66. The number of nitrogens with zero attached hydrogens (tertiary/aromatic N) is 2. The molecule has 0 spiro atoms. The summed E-state index contributed by atoms with van der Waals surface area (Å²) in [5.74, 6) is -0.0103. The van der Waals surface area contributed by atoms with E-state index in [9.17, 15) is 9.59 Å². The van der Waals surface area contributed by atoms with Crippen LogP contribution in [0.3, 0.4) is 0 Å². The van der Waals surface area contributed by atoms with Gasteiger partial charge < -0.3 is 10.6 Å². The van der Waals surface area contributed by atoms with Crippen LogP contribution in [-0.2, 0) is 9.59 Å². The van der Waals surface area contributed by atoms with Gasteiger partial charge in [0, 0.05) is 37.6 Å². The summed E-state index contributed by atoms with van der Waals surface area (Å²) in [4.78, 5) is 28.7. The van der Waals surface area contributed by atoms with Crippen LogP contribution in [0.15, 0.2) is 48.5 Å². The molecule has 1 saturated heterocycles. The van der Waals surface area contributed by atoms with Gasteiger partial charge in [-0.15, -0.1) is 0 Å². The fourth-order valence-electron chi connectivity index (χ4n) is 3.19. The molecule has 0 bridgehead atoms. The smallest absolute Gasteiger partial charge is 0.238 e. The van der Waals surface area contributed by atoms with Crippen LogP contribution in [0.5, 0.6) is 0 Å². The minimum Gasteiger partial charge on any atom is -0.325 e. The van der Waals surface area contributed by atoms with Crippen molar-refractivity contribution in [1.82, 2.24) is 9.80 Å². The van der Waals surface area contributed by atoms with Crippen LogP contribution in [-0.4, -0.2) is 60.9 Å². The Kier molecular flexibility index (Phi) is 6.79. The molecule has 2 aromatic carbocycles. The second-order valence-electron chi connectivity index (χ2n) is 7.38. The molecule has 0 aromatic heterocycles. The van der Waals surface area contributed by atoms with Gasteiger partial charge in [0.15, 0.2) is 0 Å². The molecule has 0 saturated carbocycles. The minimum absolute atomic E-state index is 0.00517. The third-order valence-electron chi connectivity index (χ3n) is 4.87. The Morgan fingerprint density at radius 3 is 1.32 bits per heavy atom. The Labute approximate surface area is 166 Å². The number of benzene rings is 2. The third kappa shape index (κ3) is 6.18. The van der Waals surface area contributed by atoms with Crippen LogP contribution < -0.4 is 10.6 Å². The standard InChI is InChI=1S/C22H28N4O2/c1-17-3-7-19(8-4-17)23-21(27)15-25-11-13-26(14-12-25)16-22(28)24-20-9-5-18(2)6-10-20/h3-10H,11-16H2,1-2H3,(H,23,27)(H,24,28). The number of carbonyl (C=O) groups is 2. The van der Waals surface area contributed by atoms with Crippen LogP contribution in [0.1, 0.15) is 11.1 Å². The van der Waals surface area contributed by atoms with Gasteiger partial charge in [-0.2, -0.15) is 0 Å². The van der Waals surface area contributed by atoms with E-state index in [4.69, 9.17) is 0 Å². The zero-order chi connectivity index (χ0) is 19.9. The number of carbonyl (C=O) groups excluding carboxylic acids is 2. The largest absolute Gasteiger partial charge is 0.325 e. The Bertz CT molecular complexity index is 725. The monoisotopic (exact) mass is 380 g/mol. The van der Waals surface area contributed by atoms with Gasteiger partial charge in [-0.05, 0) is 38.1 Å². The molecular formula is C22H28N4O2. The lowest BCUT2D eigenvalue weighted by molar-refractivity contribution is -0.120. The zero-order valence-electron chi connectivity index (χ0n) is 16.6. The van der Waals surface area contributed by atoms with E-state index in [0.717, 1.165) is 37.6 Å². The number of anilines is 2. The molecule has 0 unspecified atom stereocenters. The van der Waals surface area contributed by atoms with Crippen LogP contribution in [0, 0.1) is 13.8 Å². The van der Waals surface area contributed by atoms with E-state index >= 15 is 0 Å². The van der Waals surface area contributed by atoms with E-state index in [0.29, 0.717) is 13.1 Å². The second kappa shape index (κ2) is 9.48. The van der Waals surface area contributed by atoms with Gasteiger partial charge in [-0.3, -0.25) is 19.4 Å². The van der Waals surface area contributed by atoms with Gasteiger partial charge in [0.25, 0.3) is 0 Å². The minimum atomic E-state index is -0.00517. The van der Waals surface area contributed by atoms with Gasteiger partial charge in [0.2, 0.25) is 11.8 Å². The molecule has 1 fully saturated rings. The van der Waals surface area contributed by atoms with Crippen LogP contribution in [0.4, 0.5) is 11.4 Å². The summed E-state index contributed by atoms with van der Waals surface area (Å²) in [6, 6.07) is 15.6. The first-order chi connectivity index (χ1) is 13.5. The van der Waals surface area contributed by atoms with E-state index in [2.05, 4.69) is 20.4 Å². The fourth-order valence-corrected chi connectivity index (χ4v) is 3.19. The highest BCUT2D eigenvalue weighted by molar-refractivity contribution is 5.92. The lowest BCUT2D eigenvalue weighted by atomic mass is 10.2. The maximum Gasteiger partial charge on any atom is 0.238 e. The van der Waals surface area contributed by atoms with E-state index in [1.165, 1.54) is 11.1 Å². The molecule has 2 amide bonds. The van der Waals surface area contributed by atoms with Gasteiger partial charge in [-0.1, -0.05) is 35.4 Å². The summed E-state index contributed by atoms with van der Waals surface area (Å²) in [5, 5.41) is 5.87. The van der Waals surface area contributed by atoms with Gasteiger partial charge in [-0.25, -0.2) is 0 Å². The average molecular weight is 380 g/mol. The summed E-state index contributed by atoms with van der Waals surface area (Å²) in [5.41, 5.74) is 3.98. The number of aryl methyl sites for hydroxylation is 2. The molecular weight excluding hydrogens is 352 g/mol. The van der Waals surface area contributed by atoms with Gasteiger partial charge >= 0.3 is 0 Å². The van der Waals surface area contributed by atoms with Crippen molar-refractivity contribution in [2.45, 2.75) is 13.8 Å². The number of hydrogen-bond donors (Lipinski definition) is 2. The molecule has 0 aliphatic carbocycles. The first-order valence-corrected chi connectivity index (χ1v) is 9.66. The van der Waals surface area contributed by atoms with Crippen molar-refractivity contribution < 1.29 is 9.59 Å². The molecule has 0 atom stereocenters. The summed E-state index contributed by atoms with van der Waals surface area (Å²) < 4.78 is 0. The second-order valence-corrected chi connectivity index (χ2v) is 7.38. The summed E-state index contributed by atoms with van der Waals surface area (Å²) >= 11 is 0. The molecule has 1 aliphatic rings. The predicted molar refractivity (Wildman–Crippen MR) is 112 cm³/mol. The van der Waals surface area contributed by atoms with Crippen molar-refractivity contribution >= 4 is 23.2 Å². The highest BCUT2D eigenvalue weighted by Gasteiger charge is 2.20. The molecule has 2 aromatic rings. The molecule has 1 aliphatic heterocycles. The molecule has 1 heterocycles. The lowest BCUT2D eigenvalue weighted by Crippen LogP contribution is -2.50. The molecule has 148 valence electrons. The number of nitrogens with one attached hydrogen (secondary N) is 2. The van der Waals surface area contributed by atoms with E-state index in [1.807, 2.05) is 62.4 Å². The molecule has 28 heavy (non-hydrogen) atoms. The highest BCUT2D eigenvalue weighted by atomic mass is 16.2. The van der Waals surface area contributed by atoms with Gasteiger partial charge in [0.05, 0.1) is 13.1 Å². The molecule has 2 N–H and O–H groups in total. The molecule has 6 nitrogen and oxygen atoms in total. The number of hydrogen-bond acceptors (Lipinski definition) is 4. The van der Waals surface area contributed by atoms with Crippen LogP contribution >= 0.6 is 0 Å². The SMILES string of the molecule is Cc1ccc(NC(=O)CN2CCN(CC(=O)Nc3ccc(C)cc3)CC2)cc1. The predicted octanol–water partition coefficient (Wildman–Crippen LogP) is 2.50. The Morgan fingerprint density at radius 2 is 1.00 bits per heavy atom. The topological polar surface area (TPSA) is 64.7 Å². The maximum atomic E-state index is 12.2. The lowest BCUT2D eigenvalue weighted by Gasteiger charge is -2.33. The molecule has 0 radical (unpaired) electrons. The van der Waals surface area contributed by atoms with E-state index < -0.39 is 0 Å². The van der Waals surface area contributed by atoms with Crippen molar-refractivity contribution in [1.29, 1.82) is 0 Å². The quantitative estimate of drug-likeness (QED) is 0.808. The van der Waals surface area contributed by atoms with Crippen molar-refractivity contribution in [3.8, 4) is 0 Å². The fraction of sp³-hybridized carbons (Fsp3) is 0.364. The molecule has 3 rings (SSSR count). The van der Waals surface area contributed by atoms with Crippen molar-refractivity contribution in [3.05, 3.63) is 59.7 Å². The van der Waals surface area contributed by atoms with Crippen LogP contribution in [0.25, 0.3) is 0 Å². The average Bonchev–Trinajstić information content (AvgIpc) is 2.67. The molecule has 6 heteroatoms. The normalized spacial score (nSPS) is 15.2. The first kappa shape index (κ1) is 20.0. The Hall–Kier alpha value is -2.70.